The van der Waals surface area contributed by atoms with E-state index in [2.05, 4.69) is 18.3 Å². The molecular formula is C18H20FNO. The van der Waals surface area contributed by atoms with E-state index in [0.29, 0.717) is 12.2 Å². The molecule has 2 atom stereocenters. The van der Waals surface area contributed by atoms with Crippen LogP contribution >= 0.6 is 0 Å². The summed E-state index contributed by atoms with van der Waals surface area (Å²) in [5.74, 6) is 1.00. The molecule has 110 valence electrons. The van der Waals surface area contributed by atoms with Crippen molar-refractivity contribution in [3.8, 4) is 5.75 Å². The monoisotopic (exact) mass is 285 g/mol. The van der Waals surface area contributed by atoms with Crippen LogP contribution in [0.2, 0.25) is 0 Å². The Labute approximate surface area is 125 Å². The van der Waals surface area contributed by atoms with Crippen LogP contribution in [0.15, 0.2) is 42.5 Å². The number of benzene rings is 2. The van der Waals surface area contributed by atoms with Crippen LogP contribution in [0.3, 0.4) is 0 Å². The average molecular weight is 285 g/mol. The normalized spacial score (nSPS) is 18.1. The lowest BCUT2D eigenvalue weighted by Gasteiger charge is -2.24. The molecule has 0 amide bonds. The standard InChI is InChI=1S/C18H20FNO/c1-3-20-18(13-9-8-12(2)16(19)10-13)15-11-21-17-7-5-4-6-14(15)17/h4-10,15,18,20H,3,11H2,1-2H3. The van der Waals surface area contributed by atoms with Crippen molar-refractivity contribution >= 4 is 0 Å². The highest BCUT2D eigenvalue weighted by molar-refractivity contribution is 5.42. The van der Waals surface area contributed by atoms with Gasteiger partial charge in [0.25, 0.3) is 0 Å². The van der Waals surface area contributed by atoms with Gasteiger partial charge in [0.1, 0.15) is 11.6 Å². The van der Waals surface area contributed by atoms with Gasteiger partial charge >= 0.3 is 0 Å². The van der Waals surface area contributed by atoms with Gasteiger partial charge < -0.3 is 10.1 Å². The van der Waals surface area contributed by atoms with E-state index in [1.54, 1.807) is 13.0 Å². The fourth-order valence-corrected chi connectivity index (χ4v) is 2.98. The SMILES string of the molecule is CCNC(c1ccc(C)c(F)c1)C1COc2ccccc21. The van der Waals surface area contributed by atoms with Gasteiger partial charge in [-0.25, -0.2) is 4.39 Å². The molecule has 2 aromatic rings. The third-order valence-corrected chi connectivity index (χ3v) is 4.12. The number of halogens is 1. The zero-order valence-corrected chi connectivity index (χ0v) is 12.4. The third-order valence-electron chi connectivity index (χ3n) is 4.12. The number of rotatable bonds is 4. The average Bonchev–Trinajstić information content (AvgIpc) is 2.92. The highest BCUT2D eigenvalue weighted by Gasteiger charge is 2.31. The first kappa shape index (κ1) is 14.1. The molecule has 0 fully saturated rings. The molecule has 0 spiro atoms. The number of para-hydroxylation sites is 1. The highest BCUT2D eigenvalue weighted by Crippen LogP contribution is 2.41. The van der Waals surface area contributed by atoms with Crippen molar-refractivity contribution in [2.24, 2.45) is 0 Å². The van der Waals surface area contributed by atoms with Gasteiger partial charge in [0.15, 0.2) is 0 Å². The van der Waals surface area contributed by atoms with Crippen LogP contribution in [-0.4, -0.2) is 13.2 Å². The van der Waals surface area contributed by atoms with Crippen molar-refractivity contribution in [3.63, 3.8) is 0 Å². The maximum atomic E-state index is 13.9. The molecule has 0 aliphatic carbocycles. The molecule has 2 nitrogen and oxygen atoms in total. The lowest BCUT2D eigenvalue weighted by molar-refractivity contribution is 0.300. The van der Waals surface area contributed by atoms with E-state index in [1.165, 1.54) is 5.56 Å². The van der Waals surface area contributed by atoms with Gasteiger partial charge in [0, 0.05) is 17.5 Å². The smallest absolute Gasteiger partial charge is 0.126 e. The Morgan fingerprint density at radius 3 is 2.86 bits per heavy atom. The highest BCUT2D eigenvalue weighted by atomic mass is 19.1. The molecule has 1 heterocycles. The summed E-state index contributed by atoms with van der Waals surface area (Å²) >= 11 is 0. The van der Waals surface area contributed by atoms with E-state index in [0.717, 1.165) is 17.9 Å². The Balaban J connectivity index is 1.97. The molecule has 0 saturated carbocycles. The Morgan fingerprint density at radius 1 is 1.29 bits per heavy atom. The molecule has 2 aromatic carbocycles. The second-order valence-corrected chi connectivity index (χ2v) is 5.50. The van der Waals surface area contributed by atoms with E-state index >= 15 is 0 Å². The first-order chi connectivity index (χ1) is 10.2. The molecule has 0 radical (unpaired) electrons. The van der Waals surface area contributed by atoms with Gasteiger partial charge in [-0.3, -0.25) is 0 Å². The molecule has 3 heteroatoms. The summed E-state index contributed by atoms with van der Waals surface area (Å²) in [4.78, 5) is 0. The number of likely N-dealkylation sites (N-methyl/N-ethyl adjacent to an activating group) is 1. The van der Waals surface area contributed by atoms with Gasteiger partial charge in [-0.1, -0.05) is 37.3 Å². The summed E-state index contributed by atoms with van der Waals surface area (Å²) in [6.45, 7) is 5.32. The minimum atomic E-state index is -0.150. The fourth-order valence-electron chi connectivity index (χ4n) is 2.98. The van der Waals surface area contributed by atoms with Crippen LogP contribution in [-0.2, 0) is 0 Å². The fraction of sp³-hybridized carbons (Fsp3) is 0.333. The second kappa shape index (κ2) is 5.86. The van der Waals surface area contributed by atoms with Crippen molar-refractivity contribution in [3.05, 3.63) is 65.0 Å². The Hall–Kier alpha value is -1.87. The number of nitrogens with one attached hydrogen (secondary N) is 1. The van der Waals surface area contributed by atoms with Gasteiger partial charge in [-0.05, 0) is 36.7 Å². The van der Waals surface area contributed by atoms with Gasteiger partial charge in [-0.15, -0.1) is 0 Å². The number of hydrogen-bond acceptors (Lipinski definition) is 2. The predicted octanol–water partition coefficient (Wildman–Crippen LogP) is 3.96. The zero-order chi connectivity index (χ0) is 14.8. The van der Waals surface area contributed by atoms with Crippen molar-refractivity contribution in [2.75, 3.05) is 13.2 Å². The van der Waals surface area contributed by atoms with Crippen molar-refractivity contribution in [1.82, 2.24) is 5.32 Å². The van der Waals surface area contributed by atoms with E-state index in [1.807, 2.05) is 30.3 Å². The van der Waals surface area contributed by atoms with E-state index < -0.39 is 0 Å². The number of fused-ring (bicyclic) bond motifs is 1. The van der Waals surface area contributed by atoms with Gasteiger partial charge in [0.05, 0.1) is 6.61 Å². The molecule has 1 N–H and O–H groups in total. The Kier molecular flexibility index (Phi) is 3.93. The predicted molar refractivity (Wildman–Crippen MR) is 82.2 cm³/mol. The first-order valence-electron chi connectivity index (χ1n) is 7.42. The summed E-state index contributed by atoms with van der Waals surface area (Å²) < 4.78 is 19.7. The number of aryl methyl sites for hydroxylation is 1. The van der Waals surface area contributed by atoms with Crippen molar-refractivity contribution < 1.29 is 9.13 Å². The largest absolute Gasteiger partial charge is 0.493 e. The lowest BCUT2D eigenvalue weighted by atomic mass is 9.88. The molecule has 3 rings (SSSR count). The summed E-state index contributed by atoms with van der Waals surface area (Å²) in [7, 11) is 0. The van der Waals surface area contributed by atoms with Gasteiger partial charge in [-0.2, -0.15) is 0 Å². The van der Waals surface area contributed by atoms with Crippen LogP contribution in [0.4, 0.5) is 4.39 Å². The number of ether oxygens (including phenoxy) is 1. The summed E-state index contributed by atoms with van der Waals surface area (Å²) in [6.07, 6.45) is 0. The molecular weight excluding hydrogens is 265 g/mol. The van der Waals surface area contributed by atoms with Gasteiger partial charge in [0.2, 0.25) is 0 Å². The summed E-state index contributed by atoms with van der Waals surface area (Å²) in [5, 5.41) is 3.48. The molecule has 0 aromatic heterocycles. The maximum Gasteiger partial charge on any atom is 0.126 e. The van der Waals surface area contributed by atoms with E-state index in [-0.39, 0.29) is 17.8 Å². The van der Waals surface area contributed by atoms with Crippen LogP contribution < -0.4 is 10.1 Å². The first-order valence-corrected chi connectivity index (χ1v) is 7.42. The van der Waals surface area contributed by atoms with E-state index in [4.69, 9.17) is 4.74 Å². The quantitative estimate of drug-likeness (QED) is 0.918. The minimum Gasteiger partial charge on any atom is -0.493 e. The Bertz CT molecular complexity index is 641. The van der Waals surface area contributed by atoms with Crippen molar-refractivity contribution in [1.29, 1.82) is 0 Å². The second-order valence-electron chi connectivity index (χ2n) is 5.50. The molecule has 2 unspecified atom stereocenters. The third kappa shape index (κ3) is 2.66. The van der Waals surface area contributed by atoms with Crippen LogP contribution in [0.25, 0.3) is 0 Å². The topological polar surface area (TPSA) is 21.3 Å². The lowest BCUT2D eigenvalue weighted by Crippen LogP contribution is -2.28. The molecule has 0 saturated heterocycles. The summed E-state index contributed by atoms with van der Waals surface area (Å²) in [6, 6.07) is 13.7. The van der Waals surface area contributed by atoms with E-state index in [9.17, 15) is 4.39 Å². The molecule has 0 bridgehead atoms. The number of hydrogen-bond donors (Lipinski definition) is 1. The van der Waals surface area contributed by atoms with Crippen LogP contribution in [0.1, 0.15) is 35.6 Å². The minimum absolute atomic E-state index is 0.0637. The summed E-state index contributed by atoms with van der Waals surface area (Å²) in [5.41, 5.74) is 2.85. The zero-order valence-electron chi connectivity index (χ0n) is 12.4. The maximum absolute atomic E-state index is 13.9. The van der Waals surface area contributed by atoms with Crippen molar-refractivity contribution in [2.45, 2.75) is 25.8 Å². The molecule has 21 heavy (non-hydrogen) atoms. The van der Waals surface area contributed by atoms with Crippen LogP contribution in [0, 0.1) is 12.7 Å². The van der Waals surface area contributed by atoms with Crippen LogP contribution in [0.5, 0.6) is 5.75 Å². The Morgan fingerprint density at radius 2 is 2.10 bits per heavy atom. The molecule has 1 aliphatic heterocycles. The molecule has 1 aliphatic rings.